The summed E-state index contributed by atoms with van der Waals surface area (Å²) in [6.45, 7) is 3.19. The van der Waals surface area contributed by atoms with Crippen molar-refractivity contribution in [1.82, 2.24) is 10.6 Å². The molecule has 0 aliphatic carbocycles. The second kappa shape index (κ2) is 9.08. The highest BCUT2D eigenvalue weighted by Gasteiger charge is 2.28. The number of amides is 1. The van der Waals surface area contributed by atoms with Gasteiger partial charge in [-0.2, -0.15) is 13.2 Å². The molecule has 1 atom stereocenters. The van der Waals surface area contributed by atoms with Gasteiger partial charge in [-0.05, 0) is 55.5 Å². The number of ether oxygens (including phenoxy) is 1. The first-order valence-corrected chi connectivity index (χ1v) is 8.59. The molecule has 2 N–H and O–H groups in total. The Hall–Kier alpha value is -1.76. The van der Waals surface area contributed by atoms with Gasteiger partial charge in [0.1, 0.15) is 5.75 Å². The van der Waals surface area contributed by atoms with Gasteiger partial charge in [-0.3, -0.25) is 4.79 Å². The normalized spacial score (nSPS) is 17.1. The van der Waals surface area contributed by atoms with Crippen LogP contribution >= 0.6 is 0 Å². The Morgan fingerprint density at radius 3 is 2.52 bits per heavy atom. The molecule has 1 aromatic rings. The molecule has 1 aliphatic rings. The summed E-state index contributed by atoms with van der Waals surface area (Å²) in [6.07, 6.45) is -1.64. The predicted octanol–water partition coefficient (Wildman–Crippen LogP) is 3.27. The summed E-state index contributed by atoms with van der Waals surface area (Å²) in [6, 6.07) is 6.26. The molecule has 0 radical (unpaired) electrons. The lowest BCUT2D eigenvalue weighted by atomic mass is 9.84. The molecular formula is C18H25F3N2O2. The van der Waals surface area contributed by atoms with Gasteiger partial charge >= 0.3 is 6.18 Å². The van der Waals surface area contributed by atoms with Crippen molar-refractivity contribution in [2.45, 2.75) is 38.9 Å². The van der Waals surface area contributed by atoms with Gasteiger partial charge in [-0.1, -0.05) is 19.1 Å². The molecule has 1 aromatic carbocycles. The zero-order valence-corrected chi connectivity index (χ0v) is 14.4. The maximum absolute atomic E-state index is 12.1. The molecule has 1 saturated heterocycles. The van der Waals surface area contributed by atoms with E-state index in [0.717, 1.165) is 31.5 Å². The highest BCUT2D eigenvalue weighted by molar-refractivity contribution is 5.76. The minimum atomic E-state index is -4.35. The molecule has 0 aromatic heterocycles. The maximum Gasteiger partial charge on any atom is 0.422 e. The summed E-state index contributed by atoms with van der Waals surface area (Å²) in [5.74, 6) is 1.09. The summed E-state index contributed by atoms with van der Waals surface area (Å²) in [4.78, 5) is 12.1. The van der Waals surface area contributed by atoms with Crippen molar-refractivity contribution < 1.29 is 22.7 Å². The van der Waals surface area contributed by atoms with Crippen LogP contribution in [0.5, 0.6) is 5.75 Å². The smallest absolute Gasteiger partial charge is 0.422 e. The molecule has 4 nitrogen and oxygen atoms in total. The third-order valence-corrected chi connectivity index (χ3v) is 4.51. The van der Waals surface area contributed by atoms with Crippen LogP contribution in [0, 0.1) is 11.8 Å². The number of alkyl halides is 3. The number of carbonyl (C=O) groups is 1. The molecule has 1 amide bonds. The minimum Gasteiger partial charge on any atom is -0.484 e. The molecule has 2 rings (SSSR count). The van der Waals surface area contributed by atoms with Gasteiger partial charge in [-0.15, -0.1) is 0 Å². The van der Waals surface area contributed by atoms with E-state index in [1.165, 1.54) is 12.1 Å². The molecule has 1 unspecified atom stereocenters. The SMILES string of the molecule is CC(CC(=O)NCc1ccc(OCC(F)(F)F)cc1)C1CCNCC1. The molecule has 7 heteroatoms. The van der Waals surface area contributed by atoms with Crippen molar-refractivity contribution in [3.8, 4) is 5.75 Å². The Labute approximate surface area is 146 Å². The van der Waals surface area contributed by atoms with Gasteiger partial charge in [0.25, 0.3) is 0 Å². The van der Waals surface area contributed by atoms with Crippen LogP contribution < -0.4 is 15.4 Å². The van der Waals surface area contributed by atoms with Crippen molar-refractivity contribution in [3.63, 3.8) is 0 Å². The fourth-order valence-electron chi connectivity index (χ4n) is 3.01. The van der Waals surface area contributed by atoms with Crippen LogP contribution in [0.25, 0.3) is 0 Å². The van der Waals surface area contributed by atoms with E-state index in [0.29, 0.717) is 24.8 Å². The molecule has 0 saturated carbocycles. The van der Waals surface area contributed by atoms with Crippen LogP contribution in [0.15, 0.2) is 24.3 Å². The first kappa shape index (κ1) is 19.6. The lowest BCUT2D eigenvalue weighted by Gasteiger charge is -2.27. The Kier molecular flexibility index (Phi) is 7.11. The molecule has 0 spiro atoms. The van der Waals surface area contributed by atoms with E-state index >= 15 is 0 Å². The van der Waals surface area contributed by atoms with Gasteiger partial charge in [0.05, 0.1) is 0 Å². The molecule has 0 bridgehead atoms. The second-order valence-electron chi connectivity index (χ2n) is 6.59. The van der Waals surface area contributed by atoms with E-state index in [9.17, 15) is 18.0 Å². The van der Waals surface area contributed by atoms with Crippen molar-refractivity contribution in [2.24, 2.45) is 11.8 Å². The fourth-order valence-corrected chi connectivity index (χ4v) is 3.01. The zero-order valence-electron chi connectivity index (χ0n) is 14.4. The van der Waals surface area contributed by atoms with Gasteiger partial charge in [0.2, 0.25) is 5.91 Å². The van der Waals surface area contributed by atoms with Crippen LogP contribution in [0.3, 0.4) is 0 Å². The Balaban J connectivity index is 1.72. The maximum atomic E-state index is 12.1. The van der Waals surface area contributed by atoms with Crippen molar-refractivity contribution in [1.29, 1.82) is 0 Å². The fraction of sp³-hybridized carbons (Fsp3) is 0.611. The van der Waals surface area contributed by atoms with Crippen LogP contribution in [0.2, 0.25) is 0 Å². The number of halogens is 3. The highest BCUT2D eigenvalue weighted by atomic mass is 19.4. The average Bonchev–Trinajstić information content (AvgIpc) is 2.59. The largest absolute Gasteiger partial charge is 0.484 e. The Morgan fingerprint density at radius 2 is 1.92 bits per heavy atom. The number of carbonyl (C=O) groups excluding carboxylic acids is 1. The van der Waals surface area contributed by atoms with E-state index in [2.05, 4.69) is 22.3 Å². The topological polar surface area (TPSA) is 50.4 Å². The van der Waals surface area contributed by atoms with E-state index in [1.807, 2.05) is 0 Å². The van der Waals surface area contributed by atoms with Crippen LogP contribution in [-0.2, 0) is 11.3 Å². The monoisotopic (exact) mass is 358 g/mol. The van der Waals surface area contributed by atoms with E-state index in [1.54, 1.807) is 12.1 Å². The molecule has 1 fully saturated rings. The second-order valence-corrected chi connectivity index (χ2v) is 6.59. The summed E-state index contributed by atoms with van der Waals surface area (Å²) in [5.41, 5.74) is 0.822. The lowest BCUT2D eigenvalue weighted by molar-refractivity contribution is -0.153. The van der Waals surface area contributed by atoms with Crippen LogP contribution in [0.4, 0.5) is 13.2 Å². The minimum absolute atomic E-state index is 0.00318. The van der Waals surface area contributed by atoms with Crippen LogP contribution in [-0.4, -0.2) is 31.8 Å². The third-order valence-electron chi connectivity index (χ3n) is 4.51. The summed E-state index contributed by atoms with van der Waals surface area (Å²) in [5, 5.41) is 6.19. The van der Waals surface area contributed by atoms with E-state index in [4.69, 9.17) is 0 Å². The summed E-state index contributed by atoms with van der Waals surface area (Å²) < 4.78 is 40.9. The number of rotatable bonds is 7. The number of hydrogen-bond donors (Lipinski definition) is 2. The van der Waals surface area contributed by atoms with Crippen molar-refractivity contribution in [3.05, 3.63) is 29.8 Å². The number of benzene rings is 1. The van der Waals surface area contributed by atoms with Crippen LogP contribution in [0.1, 0.15) is 31.7 Å². The standard InChI is InChI=1S/C18H25F3N2O2/c1-13(15-6-8-22-9-7-15)10-17(24)23-11-14-2-4-16(5-3-14)25-12-18(19,20)21/h2-5,13,15,22H,6-12H2,1H3,(H,23,24). The van der Waals surface area contributed by atoms with Gasteiger partial charge in [0.15, 0.2) is 6.61 Å². The first-order valence-electron chi connectivity index (χ1n) is 8.59. The molecule has 1 heterocycles. The van der Waals surface area contributed by atoms with E-state index in [-0.39, 0.29) is 11.7 Å². The van der Waals surface area contributed by atoms with Crippen molar-refractivity contribution in [2.75, 3.05) is 19.7 Å². The third kappa shape index (κ3) is 7.34. The zero-order chi connectivity index (χ0) is 18.3. The first-order chi connectivity index (χ1) is 11.8. The lowest BCUT2D eigenvalue weighted by Crippen LogP contribution is -2.33. The summed E-state index contributed by atoms with van der Waals surface area (Å²) in [7, 11) is 0. The predicted molar refractivity (Wildman–Crippen MR) is 89.2 cm³/mol. The average molecular weight is 358 g/mol. The van der Waals surface area contributed by atoms with Crippen molar-refractivity contribution >= 4 is 5.91 Å². The van der Waals surface area contributed by atoms with E-state index < -0.39 is 12.8 Å². The van der Waals surface area contributed by atoms with Gasteiger partial charge in [0, 0.05) is 13.0 Å². The highest BCUT2D eigenvalue weighted by Crippen LogP contribution is 2.24. The molecule has 25 heavy (non-hydrogen) atoms. The quantitative estimate of drug-likeness (QED) is 0.787. The number of hydrogen-bond acceptors (Lipinski definition) is 3. The summed E-state index contributed by atoms with van der Waals surface area (Å²) >= 11 is 0. The number of piperidine rings is 1. The Morgan fingerprint density at radius 1 is 1.28 bits per heavy atom. The molecular weight excluding hydrogens is 333 g/mol. The molecule has 140 valence electrons. The van der Waals surface area contributed by atoms with Gasteiger partial charge in [-0.25, -0.2) is 0 Å². The number of nitrogens with one attached hydrogen (secondary N) is 2. The van der Waals surface area contributed by atoms with Gasteiger partial charge < -0.3 is 15.4 Å². The molecule has 1 aliphatic heterocycles. The Bertz CT molecular complexity index is 540.